The highest BCUT2D eigenvalue weighted by atomic mass is 32.2. The van der Waals surface area contributed by atoms with Crippen LogP contribution in [0.4, 0.5) is 15.8 Å². The smallest absolute Gasteiger partial charge is 0.264 e. The van der Waals surface area contributed by atoms with Crippen LogP contribution in [0.3, 0.4) is 0 Å². The number of para-hydroxylation sites is 2. The molecule has 2 aromatic rings. The van der Waals surface area contributed by atoms with E-state index in [1.54, 1.807) is 26.0 Å². The average molecular weight is 320 g/mol. The summed E-state index contributed by atoms with van der Waals surface area (Å²) in [5.74, 6) is -0.422. The highest BCUT2D eigenvalue weighted by molar-refractivity contribution is 7.93. The highest BCUT2D eigenvalue weighted by Crippen LogP contribution is 2.34. The summed E-state index contributed by atoms with van der Waals surface area (Å²) in [5, 5.41) is 3.19. The predicted molar refractivity (Wildman–Crippen MR) is 85.3 cm³/mol. The summed E-state index contributed by atoms with van der Waals surface area (Å²) in [6.07, 6.45) is 0. The van der Waals surface area contributed by atoms with Gasteiger partial charge in [0.25, 0.3) is 10.0 Å². The Hall–Kier alpha value is -2.08. The van der Waals surface area contributed by atoms with Crippen LogP contribution in [-0.4, -0.2) is 21.5 Å². The Morgan fingerprint density at radius 3 is 2.45 bits per heavy atom. The number of nitrogens with one attached hydrogen (secondary N) is 1. The molecule has 1 aliphatic rings. The molecule has 0 saturated carbocycles. The van der Waals surface area contributed by atoms with Gasteiger partial charge in [-0.2, -0.15) is 0 Å². The van der Waals surface area contributed by atoms with Crippen molar-refractivity contribution in [3.63, 3.8) is 0 Å². The van der Waals surface area contributed by atoms with Crippen LogP contribution < -0.4 is 9.62 Å². The maximum atomic E-state index is 13.5. The van der Waals surface area contributed by atoms with Crippen LogP contribution in [0.5, 0.6) is 0 Å². The van der Waals surface area contributed by atoms with Crippen molar-refractivity contribution < 1.29 is 12.8 Å². The van der Waals surface area contributed by atoms with Crippen LogP contribution in [0.15, 0.2) is 41.3 Å². The molecule has 3 rings (SSSR count). The first-order chi connectivity index (χ1) is 10.4. The quantitative estimate of drug-likeness (QED) is 0.925. The number of hydrogen-bond acceptors (Lipinski definition) is 3. The lowest BCUT2D eigenvalue weighted by atomic mass is 10.1. The zero-order valence-electron chi connectivity index (χ0n) is 12.4. The fourth-order valence-corrected chi connectivity index (χ4v) is 4.82. The zero-order chi connectivity index (χ0) is 15.9. The number of nitrogens with zero attached hydrogens (tertiary/aromatic N) is 1. The second-order valence-corrected chi connectivity index (χ2v) is 7.19. The summed E-state index contributed by atoms with van der Waals surface area (Å²) in [6, 6.07) is 9.80. The third kappa shape index (κ3) is 2.33. The molecule has 0 amide bonds. The molecular weight excluding hydrogens is 303 g/mol. The van der Waals surface area contributed by atoms with Crippen LogP contribution in [-0.2, 0) is 10.0 Å². The molecule has 0 aromatic heterocycles. The predicted octanol–water partition coefficient (Wildman–Crippen LogP) is 3.06. The summed E-state index contributed by atoms with van der Waals surface area (Å²) in [7, 11) is -3.73. The first kappa shape index (κ1) is 14.8. The van der Waals surface area contributed by atoms with E-state index in [0.717, 1.165) is 5.69 Å². The highest BCUT2D eigenvalue weighted by Gasteiger charge is 2.31. The largest absolute Gasteiger partial charge is 0.382 e. The van der Waals surface area contributed by atoms with E-state index < -0.39 is 15.8 Å². The van der Waals surface area contributed by atoms with Crippen molar-refractivity contribution >= 4 is 21.4 Å². The molecule has 6 heteroatoms. The van der Waals surface area contributed by atoms with Gasteiger partial charge >= 0.3 is 0 Å². The molecule has 1 aliphatic heterocycles. The summed E-state index contributed by atoms with van der Waals surface area (Å²) >= 11 is 0. The van der Waals surface area contributed by atoms with E-state index in [1.165, 1.54) is 16.4 Å². The van der Waals surface area contributed by atoms with Gasteiger partial charge in [0, 0.05) is 6.54 Å². The van der Waals surface area contributed by atoms with E-state index in [2.05, 4.69) is 5.32 Å². The lowest BCUT2D eigenvalue weighted by Gasteiger charge is -2.32. The number of hydrogen-bond donors (Lipinski definition) is 1. The molecule has 4 nitrogen and oxygen atoms in total. The van der Waals surface area contributed by atoms with E-state index >= 15 is 0 Å². The number of halogens is 1. The second-order valence-electron chi connectivity index (χ2n) is 5.39. The molecule has 0 saturated heterocycles. The summed E-state index contributed by atoms with van der Waals surface area (Å²) in [6.45, 7) is 4.12. The Balaban J connectivity index is 2.17. The standard InChI is InChI=1S/C16H17FN2O2S/c1-11-9-13(17)10-12(2)16(11)22(20,21)19-8-7-18-14-5-3-4-6-15(14)19/h3-6,9-10,18H,7-8H2,1-2H3. The first-order valence-electron chi connectivity index (χ1n) is 7.03. The zero-order valence-corrected chi connectivity index (χ0v) is 13.2. The van der Waals surface area contributed by atoms with Crippen LogP contribution in [0.1, 0.15) is 11.1 Å². The molecule has 116 valence electrons. The molecule has 0 unspecified atom stereocenters. The van der Waals surface area contributed by atoms with Gasteiger partial charge in [-0.3, -0.25) is 4.31 Å². The Kier molecular flexibility index (Phi) is 3.56. The van der Waals surface area contributed by atoms with Crippen molar-refractivity contribution in [2.24, 2.45) is 0 Å². The van der Waals surface area contributed by atoms with Crippen molar-refractivity contribution in [2.45, 2.75) is 18.7 Å². The van der Waals surface area contributed by atoms with Gasteiger partial charge in [0.1, 0.15) is 5.82 Å². The molecule has 2 aromatic carbocycles. The summed E-state index contributed by atoms with van der Waals surface area (Å²) < 4.78 is 41.0. The fraction of sp³-hybridized carbons (Fsp3) is 0.250. The second kappa shape index (κ2) is 5.28. The van der Waals surface area contributed by atoms with Crippen molar-refractivity contribution in [3.05, 3.63) is 53.3 Å². The van der Waals surface area contributed by atoms with Gasteiger partial charge in [-0.05, 0) is 49.2 Å². The minimum atomic E-state index is -3.73. The third-order valence-corrected chi connectivity index (χ3v) is 5.90. The minimum absolute atomic E-state index is 0.186. The Bertz CT molecular complexity index is 811. The SMILES string of the molecule is Cc1cc(F)cc(C)c1S(=O)(=O)N1CCNc2ccccc21. The van der Waals surface area contributed by atoms with E-state index in [0.29, 0.717) is 29.9 Å². The molecule has 0 aliphatic carbocycles. The van der Waals surface area contributed by atoms with Crippen LogP contribution in [0.2, 0.25) is 0 Å². The first-order valence-corrected chi connectivity index (χ1v) is 8.47. The lowest BCUT2D eigenvalue weighted by molar-refractivity contribution is 0.587. The topological polar surface area (TPSA) is 49.4 Å². The minimum Gasteiger partial charge on any atom is -0.382 e. The monoisotopic (exact) mass is 320 g/mol. The fourth-order valence-electron chi connectivity index (χ4n) is 2.92. The number of sulfonamides is 1. The van der Waals surface area contributed by atoms with Gasteiger partial charge in [0.05, 0.1) is 22.8 Å². The Labute approximate surface area is 129 Å². The Morgan fingerprint density at radius 2 is 1.77 bits per heavy atom. The average Bonchev–Trinajstić information content (AvgIpc) is 2.45. The summed E-state index contributed by atoms with van der Waals surface area (Å²) in [5.41, 5.74) is 2.26. The van der Waals surface area contributed by atoms with Crippen molar-refractivity contribution in [1.29, 1.82) is 0 Å². The molecule has 0 spiro atoms. The van der Waals surface area contributed by atoms with Crippen LogP contribution in [0.25, 0.3) is 0 Å². The molecular formula is C16H17FN2O2S. The van der Waals surface area contributed by atoms with E-state index in [9.17, 15) is 12.8 Å². The molecule has 0 bridgehead atoms. The molecule has 0 radical (unpaired) electrons. The van der Waals surface area contributed by atoms with Gasteiger partial charge in [-0.25, -0.2) is 12.8 Å². The Morgan fingerprint density at radius 1 is 1.14 bits per heavy atom. The van der Waals surface area contributed by atoms with Gasteiger partial charge in [-0.1, -0.05) is 12.1 Å². The molecule has 1 N–H and O–H groups in total. The van der Waals surface area contributed by atoms with E-state index in [1.807, 2.05) is 12.1 Å². The van der Waals surface area contributed by atoms with Gasteiger partial charge in [-0.15, -0.1) is 0 Å². The number of aryl methyl sites for hydroxylation is 2. The van der Waals surface area contributed by atoms with Crippen LogP contribution >= 0.6 is 0 Å². The molecule has 0 atom stereocenters. The number of fused-ring (bicyclic) bond motifs is 1. The molecule has 1 heterocycles. The maximum absolute atomic E-state index is 13.5. The van der Waals surface area contributed by atoms with Crippen molar-refractivity contribution in [2.75, 3.05) is 22.7 Å². The number of rotatable bonds is 2. The lowest BCUT2D eigenvalue weighted by Crippen LogP contribution is -2.39. The third-order valence-electron chi connectivity index (χ3n) is 3.78. The summed E-state index contributed by atoms with van der Waals surface area (Å²) in [4.78, 5) is 0.186. The van der Waals surface area contributed by atoms with E-state index in [4.69, 9.17) is 0 Å². The number of anilines is 2. The van der Waals surface area contributed by atoms with Gasteiger partial charge in [0.15, 0.2) is 0 Å². The maximum Gasteiger partial charge on any atom is 0.264 e. The van der Waals surface area contributed by atoms with Crippen LogP contribution in [0, 0.1) is 19.7 Å². The van der Waals surface area contributed by atoms with Crippen molar-refractivity contribution in [1.82, 2.24) is 0 Å². The number of benzene rings is 2. The molecule has 0 fully saturated rings. The normalized spacial score (nSPS) is 14.4. The van der Waals surface area contributed by atoms with Gasteiger partial charge in [0.2, 0.25) is 0 Å². The van der Waals surface area contributed by atoms with Gasteiger partial charge < -0.3 is 5.32 Å². The molecule has 22 heavy (non-hydrogen) atoms. The van der Waals surface area contributed by atoms with Crippen molar-refractivity contribution in [3.8, 4) is 0 Å². The van der Waals surface area contributed by atoms with E-state index in [-0.39, 0.29) is 4.90 Å².